The Morgan fingerprint density at radius 3 is 1.28 bits per heavy atom. The van der Waals surface area contributed by atoms with E-state index < -0.39 is 0 Å². The normalized spacial score (nSPS) is 10.2. The lowest BCUT2D eigenvalue weighted by Gasteiger charge is -2.19. The van der Waals surface area contributed by atoms with Crippen molar-refractivity contribution in [3.8, 4) is 0 Å². The van der Waals surface area contributed by atoms with Gasteiger partial charge in [0.15, 0.2) is 0 Å². The van der Waals surface area contributed by atoms with Gasteiger partial charge in [-0.3, -0.25) is 24.0 Å². The van der Waals surface area contributed by atoms with Crippen LogP contribution in [0.25, 0.3) is 0 Å². The van der Waals surface area contributed by atoms with E-state index in [2.05, 4.69) is 16.4 Å². The zero-order chi connectivity index (χ0) is 34.7. The van der Waals surface area contributed by atoms with Gasteiger partial charge in [-0.05, 0) is 74.1 Å². The SMILES string of the molecule is CCCC(=O)OCC.CCCCC(=O)OCC.CCOC(=O)C(C)(C)CC.CCOC(=O)C(C)CC.CCOC(=O)CC. The summed E-state index contributed by atoms with van der Waals surface area (Å²) in [5.74, 6) is -0.403. The molecule has 0 radical (unpaired) electrons. The van der Waals surface area contributed by atoms with Crippen molar-refractivity contribution in [3.05, 3.63) is 0 Å². The van der Waals surface area contributed by atoms with Crippen LogP contribution in [-0.4, -0.2) is 62.9 Å². The third kappa shape index (κ3) is 41.5. The zero-order valence-corrected chi connectivity index (χ0v) is 29.9. The van der Waals surface area contributed by atoms with Crippen molar-refractivity contribution >= 4 is 29.8 Å². The third-order valence-electron chi connectivity index (χ3n) is 5.41. The topological polar surface area (TPSA) is 132 Å². The Kier molecular flexibility index (Phi) is 43.5. The highest BCUT2D eigenvalue weighted by molar-refractivity contribution is 5.75. The first kappa shape index (κ1) is 50.0. The molecule has 0 saturated carbocycles. The van der Waals surface area contributed by atoms with Crippen molar-refractivity contribution < 1.29 is 47.7 Å². The molecule has 0 aromatic heterocycles. The fourth-order valence-electron chi connectivity index (χ4n) is 2.18. The quantitative estimate of drug-likeness (QED) is 0.133. The number of carbonyl (C=O) groups is 5. The molecule has 0 aliphatic carbocycles. The highest BCUT2D eigenvalue weighted by Gasteiger charge is 2.26. The second kappa shape index (κ2) is 37.4. The summed E-state index contributed by atoms with van der Waals surface area (Å²) < 4.78 is 23.5. The first-order valence-electron chi connectivity index (χ1n) is 16.0. The fraction of sp³-hybridized carbons (Fsp3) is 0.848. The Morgan fingerprint density at radius 2 is 0.977 bits per heavy atom. The van der Waals surface area contributed by atoms with Gasteiger partial charge in [0, 0.05) is 19.3 Å². The van der Waals surface area contributed by atoms with Crippen molar-refractivity contribution in [2.24, 2.45) is 11.3 Å². The standard InChI is InChI=1S/C8H16O2.2C7H14O2.C6H12O2.C5H10O2/c1-5-8(3,4)7(9)10-6-2;1-4-6(3)7(8)9-5-2;1-3-5-6-7(8)9-4-2;1-3-5-6(7)8-4-2;1-3-5(6)7-4-2/h5-6H2,1-4H3;6H,4-5H2,1-3H3;3-6H2,1-2H3;3-5H2,1-2H3;3-4H2,1-2H3. The van der Waals surface area contributed by atoms with Gasteiger partial charge in [-0.15, -0.1) is 0 Å². The summed E-state index contributed by atoms with van der Waals surface area (Å²) in [5, 5.41) is 0. The average Bonchev–Trinajstić information content (AvgIpc) is 2.97. The molecule has 0 bridgehead atoms. The third-order valence-corrected chi connectivity index (χ3v) is 5.41. The monoisotopic (exact) mass is 622 g/mol. The largest absolute Gasteiger partial charge is 0.466 e. The molecule has 1 unspecified atom stereocenters. The smallest absolute Gasteiger partial charge is 0.311 e. The summed E-state index contributed by atoms with van der Waals surface area (Å²) in [4.78, 5) is 53.0. The summed E-state index contributed by atoms with van der Waals surface area (Å²) in [5.41, 5.74) is -0.310. The van der Waals surface area contributed by atoms with Gasteiger partial charge in [-0.25, -0.2) is 0 Å². The minimum Gasteiger partial charge on any atom is -0.466 e. The highest BCUT2D eigenvalue weighted by atomic mass is 16.5. The Balaban J connectivity index is -0.000000141. The minimum absolute atomic E-state index is 0.0601. The van der Waals surface area contributed by atoms with E-state index in [9.17, 15) is 24.0 Å². The summed E-state index contributed by atoms with van der Waals surface area (Å²) >= 11 is 0. The van der Waals surface area contributed by atoms with Crippen LogP contribution in [0.15, 0.2) is 0 Å². The van der Waals surface area contributed by atoms with Gasteiger partial charge in [-0.2, -0.15) is 0 Å². The van der Waals surface area contributed by atoms with E-state index >= 15 is 0 Å². The van der Waals surface area contributed by atoms with Gasteiger partial charge in [0.05, 0.1) is 44.4 Å². The summed E-state index contributed by atoms with van der Waals surface area (Å²) in [6, 6.07) is 0. The maximum Gasteiger partial charge on any atom is 0.311 e. The van der Waals surface area contributed by atoms with Crippen LogP contribution in [-0.2, 0) is 47.7 Å². The molecule has 0 N–H and O–H groups in total. The van der Waals surface area contributed by atoms with Crippen molar-refractivity contribution in [3.63, 3.8) is 0 Å². The molecule has 0 aliphatic rings. The molecule has 10 heteroatoms. The number of ether oxygens (including phenoxy) is 5. The average molecular weight is 623 g/mol. The van der Waals surface area contributed by atoms with Gasteiger partial charge in [0.2, 0.25) is 0 Å². The maximum absolute atomic E-state index is 11.1. The molecular weight excluding hydrogens is 556 g/mol. The Morgan fingerprint density at radius 1 is 0.558 bits per heavy atom. The highest BCUT2D eigenvalue weighted by Crippen LogP contribution is 2.21. The van der Waals surface area contributed by atoms with Gasteiger partial charge in [0.1, 0.15) is 0 Å². The molecule has 0 amide bonds. The van der Waals surface area contributed by atoms with Crippen LogP contribution in [0, 0.1) is 11.3 Å². The molecule has 0 aliphatic heterocycles. The molecular formula is C33H66O10. The number of unbranched alkanes of at least 4 members (excludes halogenated alkanes) is 1. The van der Waals surface area contributed by atoms with Gasteiger partial charge in [-0.1, -0.05) is 48.0 Å². The van der Waals surface area contributed by atoms with E-state index in [1.54, 1.807) is 13.8 Å². The van der Waals surface area contributed by atoms with E-state index in [1.807, 2.05) is 69.2 Å². The molecule has 0 spiro atoms. The second-order valence-corrected chi connectivity index (χ2v) is 9.64. The number of esters is 5. The van der Waals surface area contributed by atoms with Crippen molar-refractivity contribution in [1.29, 1.82) is 0 Å². The summed E-state index contributed by atoms with van der Waals surface area (Å²) in [6.45, 7) is 26.9. The Labute approximate surface area is 263 Å². The molecule has 0 fully saturated rings. The number of hydrogen-bond acceptors (Lipinski definition) is 10. The predicted octanol–water partition coefficient (Wildman–Crippen LogP) is 7.63. The number of carbonyl (C=O) groups excluding carboxylic acids is 5. The molecule has 258 valence electrons. The van der Waals surface area contributed by atoms with Crippen molar-refractivity contribution in [2.45, 2.75) is 141 Å². The van der Waals surface area contributed by atoms with Crippen LogP contribution in [0.1, 0.15) is 141 Å². The first-order chi connectivity index (χ1) is 20.2. The first-order valence-corrected chi connectivity index (χ1v) is 16.0. The lowest BCUT2D eigenvalue weighted by atomic mass is 9.91. The van der Waals surface area contributed by atoms with Crippen LogP contribution in [0.3, 0.4) is 0 Å². The second-order valence-electron chi connectivity index (χ2n) is 9.64. The Hall–Kier alpha value is -2.65. The molecule has 0 rings (SSSR count). The summed E-state index contributed by atoms with van der Waals surface area (Å²) in [6.07, 6.45) is 6.16. The fourth-order valence-corrected chi connectivity index (χ4v) is 2.18. The number of rotatable bonds is 15. The minimum atomic E-state index is -0.310. The number of hydrogen-bond donors (Lipinski definition) is 0. The molecule has 0 saturated heterocycles. The van der Waals surface area contributed by atoms with Crippen LogP contribution in [0.4, 0.5) is 0 Å². The van der Waals surface area contributed by atoms with Gasteiger partial charge >= 0.3 is 29.8 Å². The zero-order valence-electron chi connectivity index (χ0n) is 29.9. The van der Waals surface area contributed by atoms with Gasteiger partial charge in [0.25, 0.3) is 0 Å². The molecule has 43 heavy (non-hydrogen) atoms. The van der Waals surface area contributed by atoms with E-state index in [0.717, 1.165) is 32.1 Å². The Bertz CT molecular complexity index is 667. The molecule has 0 aromatic carbocycles. The summed E-state index contributed by atoms with van der Waals surface area (Å²) in [7, 11) is 0. The molecule has 0 aromatic rings. The lowest BCUT2D eigenvalue weighted by Crippen LogP contribution is -2.25. The van der Waals surface area contributed by atoms with Crippen LogP contribution in [0.2, 0.25) is 0 Å². The van der Waals surface area contributed by atoms with E-state index in [0.29, 0.717) is 52.3 Å². The molecule has 1 atom stereocenters. The molecule has 0 heterocycles. The van der Waals surface area contributed by atoms with E-state index in [1.165, 1.54) is 0 Å². The lowest BCUT2D eigenvalue weighted by molar-refractivity contribution is -0.153. The van der Waals surface area contributed by atoms with Crippen molar-refractivity contribution in [2.75, 3.05) is 33.0 Å². The molecule has 10 nitrogen and oxygen atoms in total. The van der Waals surface area contributed by atoms with Crippen molar-refractivity contribution in [1.82, 2.24) is 0 Å². The van der Waals surface area contributed by atoms with Crippen LogP contribution < -0.4 is 0 Å². The van der Waals surface area contributed by atoms with Gasteiger partial charge < -0.3 is 23.7 Å². The van der Waals surface area contributed by atoms with Crippen LogP contribution in [0.5, 0.6) is 0 Å². The van der Waals surface area contributed by atoms with E-state index in [4.69, 9.17) is 14.2 Å². The van der Waals surface area contributed by atoms with Crippen LogP contribution >= 0.6 is 0 Å². The maximum atomic E-state index is 11.1. The van der Waals surface area contributed by atoms with E-state index in [-0.39, 0.29) is 41.2 Å². The predicted molar refractivity (Wildman–Crippen MR) is 171 cm³/mol.